The van der Waals surface area contributed by atoms with Crippen LogP contribution in [-0.2, 0) is 0 Å². The van der Waals surface area contributed by atoms with Crippen molar-refractivity contribution in [3.63, 3.8) is 0 Å². The summed E-state index contributed by atoms with van der Waals surface area (Å²) in [5.41, 5.74) is 2.46. The third kappa shape index (κ3) is 3.98. The number of hydrogen-bond donors (Lipinski definition) is 2. The number of aromatic nitrogens is 1. The zero-order chi connectivity index (χ0) is 13.5. The van der Waals surface area contributed by atoms with Gasteiger partial charge in [0.25, 0.3) is 0 Å². The van der Waals surface area contributed by atoms with Crippen molar-refractivity contribution < 1.29 is 0 Å². The van der Waals surface area contributed by atoms with Crippen molar-refractivity contribution in [3.05, 3.63) is 54.2 Å². The van der Waals surface area contributed by atoms with Crippen LogP contribution in [0.5, 0.6) is 0 Å². The van der Waals surface area contributed by atoms with Crippen LogP contribution in [0.2, 0.25) is 0 Å². The fourth-order valence-corrected chi connectivity index (χ4v) is 1.99. The molecule has 0 amide bonds. The van der Waals surface area contributed by atoms with E-state index in [4.69, 9.17) is 0 Å². The van der Waals surface area contributed by atoms with Gasteiger partial charge in [-0.2, -0.15) is 0 Å². The minimum absolute atomic E-state index is 0.483. The Kier molecular flexibility index (Phi) is 4.78. The van der Waals surface area contributed by atoms with Crippen molar-refractivity contribution >= 4 is 11.5 Å². The molecule has 0 saturated carbocycles. The zero-order valence-corrected chi connectivity index (χ0v) is 11.6. The fraction of sp³-hybridized carbons (Fsp3) is 0.312. The number of nitrogens with one attached hydrogen (secondary N) is 2. The highest BCUT2D eigenvalue weighted by Crippen LogP contribution is 2.17. The standard InChI is InChI=1S/C16H21N3/c1-3-17-16-11-15(9-10-18-16)19-12-13(2)14-7-5-4-6-8-14/h4-11,13H,3,12H2,1-2H3,(H2,17,18,19). The van der Waals surface area contributed by atoms with Crippen molar-refractivity contribution in [2.24, 2.45) is 0 Å². The van der Waals surface area contributed by atoms with Crippen LogP contribution < -0.4 is 10.6 Å². The van der Waals surface area contributed by atoms with E-state index in [1.165, 1.54) is 5.56 Å². The fourth-order valence-electron chi connectivity index (χ4n) is 1.99. The lowest BCUT2D eigenvalue weighted by Gasteiger charge is -2.14. The average Bonchev–Trinajstić information content (AvgIpc) is 2.46. The molecule has 1 aromatic carbocycles. The van der Waals surface area contributed by atoms with Crippen LogP contribution in [0.1, 0.15) is 25.3 Å². The van der Waals surface area contributed by atoms with Gasteiger partial charge < -0.3 is 10.6 Å². The molecular formula is C16H21N3. The van der Waals surface area contributed by atoms with E-state index in [1.54, 1.807) is 0 Å². The largest absolute Gasteiger partial charge is 0.384 e. The second-order valence-electron chi connectivity index (χ2n) is 4.65. The SMILES string of the molecule is CCNc1cc(NCC(C)c2ccccc2)ccn1. The first-order valence-corrected chi connectivity index (χ1v) is 6.78. The number of nitrogens with zero attached hydrogens (tertiary/aromatic N) is 1. The first kappa shape index (κ1) is 13.4. The number of hydrogen-bond acceptors (Lipinski definition) is 3. The Balaban J connectivity index is 1.93. The molecule has 2 aromatic rings. The molecule has 0 fully saturated rings. The van der Waals surface area contributed by atoms with Gasteiger partial charge in [0.2, 0.25) is 0 Å². The van der Waals surface area contributed by atoms with E-state index in [0.717, 1.165) is 24.6 Å². The van der Waals surface area contributed by atoms with Gasteiger partial charge >= 0.3 is 0 Å². The van der Waals surface area contributed by atoms with E-state index in [1.807, 2.05) is 18.3 Å². The molecule has 2 rings (SSSR count). The van der Waals surface area contributed by atoms with Crippen LogP contribution in [0.15, 0.2) is 48.7 Å². The van der Waals surface area contributed by atoms with Crippen LogP contribution in [0.4, 0.5) is 11.5 Å². The van der Waals surface area contributed by atoms with Gasteiger partial charge in [-0.05, 0) is 24.5 Å². The van der Waals surface area contributed by atoms with Crippen LogP contribution >= 0.6 is 0 Å². The third-order valence-corrected chi connectivity index (χ3v) is 3.10. The van der Waals surface area contributed by atoms with Crippen molar-refractivity contribution in [3.8, 4) is 0 Å². The van der Waals surface area contributed by atoms with E-state index in [2.05, 4.69) is 59.8 Å². The predicted octanol–water partition coefficient (Wildman–Crippen LogP) is 3.73. The van der Waals surface area contributed by atoms with Gasteiger partial charge in [0.05, 0.1) is 0 Å². The summed E-state index contributed by atoms with van der Waals surface area (Å²) in [6, 6.07) is 14.6. The lowest BCUT2D eigenvalue weighted by molar-refractivity contribution is 0.805. The first-order valence-electron chi connectivity index (χ1n) is 6.78. The summed E-state index contributed by atoms with van der Waals surface area (Å²) in [6.07, 6.45) is 1.83. The number of benzene rings is 1. The van der Waals surface area contributed by atoms with Crippen molar-refractivity contribution in [2.45, 2.75) is 19.8 Å². The van der Waals surface area contributed by atoms with Gasteiger partial charge in [0, 0.05) is 31.0 Å². The Morgan fingerprint density at radius 3 is 2.63 bits per heavy atom. The average molecular weight is 255 g/mol. The summed E-state index contributed by atoms with van der Waals surface area (Å²) in [5, 5.41) is 6.68. The highest BCUT2D eigenvalue weighted by Gasteiger charge is 2.04. The molecule has 100 valence electrons. The molecule has 0 aliphatic heterocycles. The molecule has 0 spiro atoms. The van der Waals surface area contributed by atoms with Gasteiger partial charge in [0.15, 0.2) is 0 Å². The molecule has 0 bridgehead atoms. The normalized spacial score (nSPS) is 11.9. The van der Waals surface area contributed by atoms with Gasteiger partial charge in [-0.1, -0.05) is 37.3 Å². The van der Waals surface area contributed by atoms with Gasteiger partial charge in [-0.25, -0.2) is 4.98 Å². The Bertz CT molecular complexity index is 496. The summed E-state index contributed by atoms with van der Waals surface area (Å²) in [6.45, 7) is 6.10. The quantitative estimate of drug-likeness (QED) is 0.826. The van der Waals surface area contributed by atoms with Gasteiger partial charge in [0.1, 0.15) is 5.82 Å². The second kappa shape index (κ2) is 6.78. The summed E-state index contributed by atoms with van der Waals surface area (Å²) in [7, 11) is 0. The highest BCUT2D eigenvalue weighted by atomic mass is 15.0. The van der Waals surface area contributed by atoms with Crippen LogP contribution in [-0.4, -0.2) is 18.1 Å². The Morgan fingerprint density at radius 2 is 1.89 bits per heavy atom. The maximum absolute atomic E-state index is 4.26. The summed E-state index contributed by atoms with van der Waals surface area (Å²) < 4.78 is 0. The molecule has 0 aliphatic carbocycles. The molecule has 1 aromatic heterocycles. The lowest BCUT2D eigenvalue weighted by Crippen LogP contribution is -2.10. The zero-order valence-electron chi connectivity index (χ0n) is 11.6. The van der Waals surface area contributed by atoms with Crippen molar-refractivity contribution in [1.29, 1.82) is 0 Å². The molecule has 19 heavy (non-hydrogen) atoms. The molecule has 3 nitrogen and oxygen atoms in total. The molecule has 1 unspecified atom stereocenters. The molecule has 1 heterocycles. The number of pyridine rings is 1. The molecule has 1 atom stereocenters. The lowest BCUT2D eigenvalue weighted by atomic mass is 10.0. The second-order valence-corrected chi connectivity index (χ2v) is 4.65. The molecule has 2 N–H and O–H groups in total. The first-order chi connectivity index (χ1) is 9.29. The molecule has 0 radical (unpaired) electrons. The van der Waals surface area contributed by atoms with Crippen molar-refractivity contribution in [2.75, 3.05) is 23.7 Å². The summed E-state index contributed by atoms with van der Waals surface area (Å²) >= 11 is 0. The molecule has 0 aliphatic rings. The maximum Gasteiger partial charge on any atom is 0.127 e. The number of rotatable bonds is 6. The van der Waals surface area contributed by atoms with E-state index in [9.17, 15) is 0 Å². The van der Waals surface area contributed by atoms with Crippen molar-refractivity contribution in [1.82, 2.24) is 4.98 Å². The van der Waals surface area contributed by atoms with Crippen LogP contribution in [0, 0.1) is 0 Å². The van der Waals surface area contributed by atoms with E-state index in [0.29, 0.717) is 5.92 Å². The topological polar surface area (TPSA) is 37.0 Å². The van der Waals surface area contributed by atoms with Gasteiger partial charge in [-0.3, -0.25) is 0 Å². The smallest absolute Gasteiger partial charge is 0.127 e. The third-order valence-electron chi connectivity index (χ3n) is 3.10. The van der Waals surface area contributed by atoms with E-state index in [-0.39, 0.29) is 0 Å². The Labute approximate surface area is 115 Å². The minimum atomic E-state index is 0.483. The molecular weight excluding hydrogens is 234 g/mol. The maximum atomic E-state index is 4.26. The minimum Gasteiger partial charge on any atom is -0.384 e. The number of anilines is 2. The van der Waals surface area contributed by atoms with Crippen LogP contribution in [0.25, 0.3) is 0 Å². The molecule has 0 saturated heterocycles. The monoisotopic (exact) mass is 255 g/mol. The summed E-state index contributed by atoms with van der Waals surface area (Å²) in [5.74, 6) is 1.40. The Morgan fingerprint density at radius 1 is 1.11 bits per heavy atom. The van der Waals surface area contributed by atoms with E-state index < -0.39 is 0 Å². The summed E-state index contributed by atoms with van der Waals surface area (Å²) in [4.78, 5) is 4.26. The van der Waals surface area contributed by atoms with Crippen LogP contribution in [0.3, 0.4) is 0 Å². The van der Waals surface area contributed by atoms with Gasteiger partial charge in [-0.15, -0.1) is 0 Å². The Hall–Kier alpha value is -2.03. The molecule has 3 heteroatoms. The predicted molar refractivity (Wildman–Crippen MR) is 81.7 cm³/mol. The highest BCUT2D eigenvalue weighted by molar-refractivity contribution is 5.52. The van der Waals surface area contributed by atoms with E-state index >= 15 is 0 Å².